The van der Waals surface area contributed by atoms with Crippen molar-refractivity contribution in [3.05, 3.63) is 42.0 Å². The SMILES string of the molecule is O=C(O)[C@H]1CC=CC[C@@H]1C(=O)Nc1ccc(C(F)(F)F)cc1. The van der Waals surface area contributed by atoms with Crippen LogP contribution in [0.2, 0.25) is 0 Å². The van der Waals surface area contributed by atoms with Gasteiger partial charge in [0.05, 0.1) is 17.4 Å². The van der Waals surface area contributed by atoms with Gasteiger partial charge in [0.25, 0.3) is 0 Å². The Morgan fingerprint density at radius 2 is 1.59 bits per heavy atom. The van der Waals surface area contributed by atoms with Crippen molar-refractivity contribution in [2.45, 2.75) is 19.0 Å². The molecule has 0 saturated heterocycles. The molecule has 1 aromatic carbocycles. The van der Waals surface area contributed by atoms with E-state index in [-0.39, 0.29) is 12.1 Å². The molecular formula is C15H14F3NO3. The number of amides is 1. The average molecular weight is 313 g/mol. The molecule has 2 rings (SSSR count). The molecule has 22 heavy (non-hydrogen) atoms. The number of hydrogen-bond acceptors (Lipinski definition) is 2. The molecule has 2 atom stereocenters. The summed E-state index contributed by atoms with van der Waals surface area (Å²) in [5.74, 6) is -3.11. The number of allylic oxidation sites excluding steroid dienone is 2. The smallest absolute Gasteiger partial charge is 0.416 e. The molecule has 118 valence electrons. The number of halogens is 3. The first-order chi connectivity index (χ1) is 10.3. The van der Waals surface area contributed by atoms with Crippen LogP contribution in [-0.4, -0.2) is 17.0 Å². The highest BCUT2D eigenvalue weighted by Crippen LogP contribution is 2.31. The summed E-state index contributed by atoms with van der Waals surface area (Å²) < 4.78 is 37.4. The molecule has 0 aliphatic heterocycles. The third-order valence-corrected chi connectivity index (χ3v) is 3.57. The molecule has 0 fully saturated rings. The van der Waals surface area contributed by atoms with E-state index in [1.54, 1.807) is 12.2 Å². The summed E-state index contributed by atoms with van der Waals surface area (Å²) >= 11 is 0. The quantitative estimate of drug-likeness (QED) is 0.841. The van der Waals surface area contributed by atoms with Crippen LogP contribution in [-0.2, 0) is 15.8 Å². The van der Waals surface area contributed by atoms with E-state index in [0.717, 1.165) is 24.3 Å². The average Bonchev–Trinajstić information content (AvgIpc) is 2.46. The van der Waals surface area contributed by atoms with Crippen LogP contribution in [0.1, 0.15) is 18.4 Å². The number of aliphatic carboxylic acids is 1. The summed E-state index contributed by atoms with van der Waals surface area (Å²) in [6.45, 7) is 0. The minimum absolute atomic E-state index is 0.205. The van der Waals surface area contributed by atoms with Gasteiger partial charge in [-0.2, -0.15) is 13.2 Å². The van der Waals surface area contributed by atoms with Gasteiger partial charge in [-0.15, -0.1) is 0 Å². The van der Waals surface area contributed by atoms with Crippen LogP contribution in [0.3, 0.4) is 0 Å². The third-order valence-electron chi connectivity index (χ3n) is 3.57. The first-order valence-electron chi connectivity index (χ1n) is 6.65. The zero-order valence-electron chi connectivity index (χ0n) is 11.4. The van der Waals surface area contributed by atoms with Crippen LogP contribution in [0.15, 0.2) is 36.4 Å². The van der Waals surface area contributed by atoms with E-state index in [1.807, 2.05) is 0 Å². The predicted octanol–water partition coefficient (Wildman–Crippen LogP) is 3.31. The lowest BCUT2D eigenvalue weighted by atomic mass is 9.82. The van der Waals surface area contributed by atoms with Crippen LogP contribution in [0.4, 0.5) is 18.9 Å². The van der Waals surface area contributed by atoms with Gasteiger partial charge in [0.2, 0.25) is 5.91 Å². The zero-order valence-corrected chi connectivity index (χ0v) is 11.4. The number of benzene rings is 1. The molecule has 0 spiro atoms. The van der Waals surface area contributed by atoms with Gasteiger partial charge < -0.3 is 10.4 Å². The highest BCUT2D eigenvalue weighted by Gasteiger charge is 2.34. The topological polar surface area (TPSA) is 66.4 Å². The van der Waals surface area contributed by atoms with Crippen molar-refractivity contribution < 1.29 is 27.9 Å². The normalized spacial score (nSPS) is 21.4. The predicted molar refractivity (Wildman–Crippen MR) is 73.1 cm³/mol. The number of nitrogens with one attached hydrogen (secondary N) is 1. The van der Waals surface area contributed by atoms with Crippen LogP contribution in [0.5, 0.6) is 0 Å². The minimum Gasteiger partial charge on any atom is -0.481 e. The molecule has 2 N–H and O–H groups in total. The van der Waals surface area contributed by atoms with Crippen molar-refractivity contribution in [3.63, 3.8) is 0 Å². The summed E-state index contributed by atoms with van der Waals surface area (Å²) in [7, 11) is 0. The largest absolute Gasteiger partial charge is 0.481 e. The second kappa shape index (κ2) is 6.21. The van der Waals surface area contributed by atoms with E-state index >= 15 is 0 Å². The number of rotatable bonds is 3. The zero-order chi connectivity index (χ0) is 16.3. The summed E-state index contributed by atoms with van der Waals surface area (Å²) in [4.78, 5) is 23.3. The Kier molecular flexibility index (Phi) is 4.54. The Balaban J connectivity index is 2.08. The molecule has 0 aromatic heterocycles. The maximum Gasteiger partial charge on any atom is 0.416 e. The number of hydrogen-bond donors (Lipinski definition) is 2. The second-order valence-corrected chi connectivity index (χ2v) is 5.06. The standard InChI is InChI=1S/C15H14F3NO3/c16-15(17,18)9-5-7-10(8-6-9)19-13(20)11-3-1-2-4-12(11)14(21)22/h1-2,5-8,11-12H,3-4H2,(H,19,20)(H,21,22)/t11-,12-/m0/s1. The molecule has 0 saturated carbocycles. The van der Waals surface area contributed by atoms with Gasteiger partial charge in [-0.25, -0.2) is 0 Å². The Hall–Kier alpha value is -2.31. The van der Waals surface area contributed by atoms with E-state index in [9.17, 15) is 22.8 Å². The number of carbonyl (C=O) groups excluding carboxylic acids is 1. The number of carboxylic acid groups (broad SMARTS) is 1. The maximum atomic E-state index is 12.5. The van der Waals surface area contributed by atoms with Crippen molar-refractivity contribution in [1.82, 2.24) is 0 Å². The first kappa shape index (κ1) is 16.1. The third kappa shape index (κ3) is 3.66. The van der Waals surface area contributed by atoms with Crippen LogP contribution in [0, 0.1) is 11.8 Å². The van der Waals surface area contributed by atoms with Gasteiger partial charge in [0.15, 0.2) is 0 Å². The number of carboxylic acids is 1. The molecule has 7 heteroatoms. The molecule has 1 aliphatic carbocycles. The van der Waals surface area contributed by atoms with Crippen molar-refractivity contribution in [1.29, 1.82) is 0 Å². The minimum atomic E-state index is -4.44. The molecule has 4 nitrogen and oxygen atoms in total. The Morgan fingerprint density at radius 3 is 2.09 bits per heavy atom. The van der Waals surface area contributed by atoms with Crippen molar-refractivity contribution in [2.24, 2.45) is 11.8 Å². The van der Waals surface area contributed by atoms with E-state index in [2.05, 4.69) is 5.32 Å². The number of anilines is 1. The fourth-order valence-electron chi connectivity index (χ4n) is 2.35. The Labute approximate surface area is 124 Å². The Bertz CT molecular complexity index is 593. The van der Waals surface area contributed by atoms with E-state index in [1.165, 1.54) is 0 Å². The monoisotopic (exact) mass is 313 g/mol. The van der Waals surface area contributed by atoms with Gasteiger partial charge in [0.1, 0.15) is 0 Å². The van der Waals surface area contributed by atoms with E-state index in [4.69, 9.17) is 5.11 Å². The second-order valence-electron chi connectivity index (χ2n) is 5.06. The molecule has 0 heterocycles. The summed E-state index contributed by atoms with van der Waals surface area (Å²) in [5, 5.41) is 11.6. The molecule has 1 amide bonds. The molecule has 1 aliphatic rings. The lowest BCUT2D eigenvalue weighted by molar-refractivity contribution is -0.146. The first-order valence-corrected chi connectivity index (χ1v) is 6.65. The number of alkyl halides is 3. The van der Waals surface area contributed by atoms with Crippen LogP contribution >= 0.6 is 0 Å². The lowest BCUT2D eigenvalue weighted by Crippen LogP contribution is -2.34. The van der Waals surface area contributed by atoms with Crippen molar-refractivity contribution in [2.75, 3.05) is 5.32 Å². The van der Waals surface area contributed by atoms with Gasteiger partial charge in [-0.05, 0) is 37.1 Å². The highest BCUT2D eigenvalue weighted by molar-refractivity contribution is 5.95. The fraction of sp³-hybridized carbons (Fsp3) is 0.333. The van der Waals surface area contributed by atoms with Crippen LogP contribution in [0.25, 0.3) is 0 Å². The van der Waals surface area contributed by atoms with Gasteiger partial charge in [-0.3, -0.25) is 9.59 Å². The summed E-state index contributed by atoms with van der Waals surface area (Å²) in [6.07, 6.45) is -0.438. The van der Waals surface area contributed by atoms with Gasteiger partial charge in [0, 0.05) is 5.69 Å². The van der Waals surface area contributed by atoms with Crippen molar-refractivity contribution in [3.8, 4) is 0 Å². The lowest BCUT2D eigenvalue weighted by Gasteiger charge is -2.24. The highest BCUT2D eigenvalue weighted by atomic mass is 19.4. The van der Waals surface area contributed by atoms with E-state index < -0.39 is 35.5 Å². The van der Waals surface area contributed by atoms with Gasteiger partial charge >= 0.3 is 12.1 Å². The van der Waals surface area contributed by atoms with Crippen molar-refractivity contribution >= 4 is 17.6 Å². The molecule has 0 bridgehead atoms. The summed E-state index contributed by atoms with van der Waals surface area (Å²) in [5.41, 5.74) is -0.605. The fourth-order valence-corrected chi connectivity index (χ4v) is 2.35. The van der Waals surface area contributed by atoms with Crippen LogP contribution < -0.4 is 5.32 Å². The summed E-state index contributed by atoms with van der Waals surface area (Å²) in [6, 6.07) is 4.03. The molecule has 0 radical (unpaired) electrons. The molecule has 1 aromatic rings. The number of carbonyl (C=O) groups is 2. The molecular weight excluding hydrogens is 299 g/mol. The Morgan fingerprint density at radius 1 is 1.05 bits per heavy atom. The van der Waals surface area contributed by atoms with E-state index in [0.29, 0.717) is 6.42 Å². The molecule has 0 unspecified atom stereocenters. The van der Waals surface area contributed by atoms with Gasteiger partial charge in [-0.1, -0.05) is 12.2 Å². The maximum absolute atomic E-state index is 12.5.